The molecule has 0 saturated carbocycles. The van der Waals surface area contributed by atoms with Crippen molar-refractivity contribution in [1.82, 2.24) is 10.3 Å². The van der Waals surface area contributed by atoms with Crippen LogP contribution in [0, 0.1) is 13.8 Å². The molecule has 1 heterocycles. The van der Waals surface area contributed by atoms with Crippen molar-refractivity contribution in [3.8, 4) is 5.75 Å². The molecule has 3 rings (SSSR count). The van der Waals surface area contributed by atoms with E-state index < -0.39 is 0 Å². The van der Waals surface area contributed by atoms with Gasteiger partial charge in [-0.1, -0.05) is 6.07 Å². The number of H-pyrrole nitrogens is 1. The number of aryl methyl sites for hydroxylation is 2. The standard InChI is InChI=1S/C21H22N2O3/c1-13-10-14(2)18-12-16(21(25)23-19(18)11-13)8-9-22-20(24)15-4-6-17(26-3)7-5-15/h4-7,10-12H,8-9H2,1-3H3,(H,22,24)(H,23,25). The van der Waals surface area contributed by atoms with Crippen molar-refractivity contribution in [2.24, 2.45) is 0 Å². The SMILES string of the molecule is COc1ccc(C(=O)NCCc2cc3c(C)cc(C)cc3[nH]c2=O)cc1. The molecule has 0 atom stereocenters. The van der Waals surface area contributed by atoms with Crippen LogP contribution >= 0.6 is 0 Å². The van der Waals surface area contributed by atoms with E-state index in [2.05, 4.69) is 16.4 Å². The van der Waals surface area contributed by atoms with E-state index in [4.69, 9.17) is 4.74 Å². The van der Waals surface area contributed by atoms with Crippen molar-refractivity contribution in [2.45, 2.75) is 20.3 Å². The van der Waals surface area contributed by atoms with Gasteiger partial charge in [0.15, 0.2) is 0 Å². The Balaban J connectivity index is 1.70. The van der Waals surface area contributed by atoms with E-state index in [1.54, 1.807) is 31.4 Å². The molecule has 3 aromatic rings. The molecule has 1 amide bonds. The molecule has 1 aromatic heterocycles. The summed E-state index contributed by atoms with van der Waals surface area (Å²) in [6, 6.07) is 12.9. The van der Waals surface area contributed by atoms with Gasteiger partial charge in [0, 0.05) is 28.6 Å². The van der Waals surface area contributed by atoms with Gasteiger partial charge in [-0.15, -0.1) is 0 Å². The molecule has 0 bridgehead atoms. The number of benzene rings is 2. The van der Waals surface area contributed by atoms with E-state index in [1.807, 2.05) is 26.0 Å². The Morgan fingerprint density at radius 1 is 1.12 bits per heavy atom. The molecule has 0 aliphatic heterocycles. The van der Waals surface area contributed by atoms with Crippen molar-refractivity contribution in [3.63, 3.8) is 0 Å². The van der Waals surface area contributed by atoms with Crippen molar-refractivity contribution in [1.29, 1.82) is 0 Å². The third kappa shape index (κ3) is 3.77. The molecule has 0 aliphatic rings. The van der Waals surface area contributed by atoms with E-state index in [0.29, 0.717) is 29.8 Å². The normalized spacial score (nSPS) is 10.7. The van der Waals surface area contributed by atoms with Gasteiger partial charge in [0.05, 0.1) is 7.11 Å². The number of methoxy groups -OCH3 is 1. The topological polar surface area (TPSA) is 71.2 Å². The van der Waals surface area contributed by atoms with Crippen LogP contribution in [0.3, 0.4) is 0 Å². The van der Waals surface area contributed by atoms with Crippen molar-refractivity contribution < 1.29 is 9.53 Å². The Bertz CT molecular complexity index is 1000. The lowest BCUT2D eigenvalue weighted by molar-refractivity contribution is 0.0954. The first-order valence-electron chi connectivity index (χ1n) is 8.53. The lowest BCUT2D eigenvalue weighted by Crippen LogP contribution is -2.27. The van der Waals surface area contributed by atoms with Gasteiger partial charge in [0.25, 0.3) is 11.5 Å². The number of ether oxygens (including phenoxy) is 1. The number of hydrogen-bond acceptors (Lipinski definition) is 3. The highest BCUT2D eigenvalue weighted by atomic mass is 16.5. The summed E-state index contributed by atoms with van der Waals surface area (Å²) in [5, 5.41) is 3.89. The minimum Gasteiger partial charge on any atom is -0.497 e. The fourth-order valence-electron chi connectivity index (χ4n) is 3.06. The van der Waals surface area contributed by atoms with Crippen LogP contribution in [-0.2, 0) is 6.42 Å². The first kappa shape index (κ1) is 17.7. The molecule has 2 N–H and O–H groups in total. The maximum Gasteiger partial charge on any atom is 0.251 e. The van der Waals surface area contributed by atoms with E-state index in [1.165, 1.54) is 0 Å². The quantitative estimate of drug-likeness (QED) is 0.743. The summed E-state index contributed by atoms with van der Waals surface area (Å²) in [6.45, 7) is 4.43. The maximum atomic E-state index is 12.3. The first-order valence-corrected chi connectivity index (χ1v) is 8.53. The summed E-state index contributed by atoms with van der Waals surface area (Å²) in [5.74, 6) is 0.534. The van der Waals surface area contributed by atoms with Crippen LogP contribution in [0.2, 0.25) is 0 Å². The van der Waals surface area contributed by atoms with Crippen molar-refractivity contribution in [3.05, 3.63) is 75.1 Å². The van der Waals surface area contributed by atoms with Gasteiger partial charge >= 0.3 is 0 Å². The molecule has 26 heavy (non-hydrogen) atoms. The first-order chi connectivity index (χ1) is 12.5. The molecule has 0 saturated heterocycles. The van der Waals surface area contributed by atoms with Gasteiger partial charge in [0.1, 0.15) is 5.75 Å². The monoisotopic (exact) mass is 350 g/mol. The average Bonchev–Trinajstić information content (AvgIpc) is 2.62. The largest absolute Gasteiger partial charge is 0.497 e. The fourth-order valence-corrected chi connectivity index (χ4v) is 3.06. The number of fused-ring (bicyclic) bond motifs is 1. The predicted molar refractivity (Wildman–Crippen MR) is 103 cm³/mol. The Hall–Kier alpha value is -3.08. The van der Waals surface area contributed by atoms with Gasteiger partial charge in [0.2, 0.25) is 0 Å². The van der Waals surface area contributed by atoms with Crippen LogP contribution in [0.15, 0.2) is 47.3 Å². The number of rotatable bonds is 5. The molecule has 5 heteroatoms. The highest BCUT2D eigenvalue weighted by Gasteiger charge is 2.08. The van der Waals surface area contributed by atoms with Crippen LogP contribution in [0.5, 0.6) is 5.75 Å². The number of carbonyl (C=O) groups is 1. The number of aromatic amines is 1. The number of pyridine rings is 1. The minimum absolute atomic E-state index is 0.110. The highest BCUT2D eigenvalue weighted by molar-refractivity contribution is 5.94. The summed E-state index contributed by atoms with van der Waals surface area (Å²) in [4.78, 5) is 27.4. The summed E-state index contributed by atoms with van der Waals surface area (Å²) in [6.07, 6.45) is 0.473. The van der Waals surface area contributed by atoms with Crippen LogP contribution in [-0.4, -0.2) is 24.5 Å². The molecule has 2 aromatic carbocycles. The fraction of sp³-hybridized carbons (Fsp3) is 0.238. The maximum absolute atomic E-state index is 12.3. The lowest BCUT2D eigenvalue weighted by Gasteiger charge is -2.08. The molecule has 0 spiro atoms. The van der Waals surface area contributed by atoms with Gasteiger partial charge in [-0.2, -0.15) is 0 Å². The third-order valence-electron chi connectivity index (χ3n) is 4.42. The van der Waals surface area contributed by atoms with Gasteiger partial charge < -0.3 is 15.0 Å². The average molecular weight is 350 g/mol. The zero-order valence-corrected chi connectivity index (χ0v) is 15.2. The molecule has 134 valence electrons. The van der Waals surface area contributed by atoms with Crippen LogP contribution in [0.25, 0.3) is 10.9 Å². The van der Waals surface area contributed by atoms with Crippen molar-refractivity contribution >= 4 is 16.8 Å². The zero-order chi connectivity index (χ0) is 18.7. The molecule has 5 nitrogen and oxygen atoms in total. The summed E-state index contributed by atoms with van der Waals surface area (Å²) in [7, 11) is 1.58. The molecule has 0 fully saturated rings. The number of carbonyl (C=O) groups excluding carboxylic acids is 1. The minimum atomic E-state index is -0.170. The van der Waals surface area contributed by atoms with Crippen LogP contribution < -0.4 is 15.6 Å². The predicted octanol–water partition coefficient (Wildman–Crippen LogP) is 3.13. The van der Waals surface area contributed by atoms with E-state index >= 15 is 0 Å². The zero-order valence-electron chi connectivity index (χ0n) is 15.2. The number of hydrogen-bond donors (Lipinski definition) is 2. The molecule has 0 unspecified atom stereocenters. The van der Waals surface area contributed by atoms with Crippen LogP contribution in [0.1, 0.15) is 27.0 Å². The Kier molecular flexibility index (Phi) is 5.07. The third-order valence-corrected chi connectivity index (χ3v) is 4.42. The molecular weight excluding hydrogens is 328 g/mol. The Morgan fingerprint density at radius 2 is 1.85 bits per heavy atom. The number of amides is 1. The van der Waals surface area contributed by atoms with Gasteiger partial charge in [-0.25, -0.2) is 0 Å². The summed E-state index contributed by atoms with van der Waals surface area (Å²) in [5.41, 5.74) is 4.20. The number of nitrogens with one attached hydrogen (secondary N) is 2. The Morgan fingerprint density at radius 3 is 2.54 bits per heavy atom. The van der Waals surface area contributed by atoms with Gasteiger partial charge in [-0.05, 0) is 67.8 Å². The second kappa shape index (κ2) is 7.44. The van der Waals surface area contributed by atoms with Crippen LogP contribution in [0.4, 0.5) is 0 Å². The summed E-state index contributed by atoms with van der Waals surface area (Å²) >= 11 is 0. The lowest BCUT2D eigenvalue weighted by atomic mass is 10.0. The number of aromatic nitrogens is 1. The Labute approximate surface area is 152 Å². The molecular formula is C21H22N2O3. The van der Waals surface area contributed by atoms with E-state index in [0.717, 1.165) is 22.0 Å². The summed E-state index contributed by atoms with van der Waals surface area (Å²) < 4.78 is 5.08. The second-order valence-electron chi connectivity index (χ2n) is 6.40. The van der Waals surface area contributed by atoms with Gasteiger partial charge in [-0.3, -0.25) is 9.59 Å². The molecule has 0 aliphatic carbocycles. The smallest absolute Gasteiger partial charge is 0.251 e. The van der Waals surface area contributed by atoms with E-state index in [-0.39, 0.29) is 11.5 Å². The molecule has 0 radical (unpaired) electrons. The highest BCUT2D eigenvalue weighted by Crippen LogP contribution is 2.18. The van der Waals surface area contributed by atoms with E-state index in [9.17, 15) is 9.59 Å². The second-order valence-corrected chi connectivity index (χ2v) is 6.40. The van der Waals surface area contributed by atoms with Crippen molar-refractivity contribution in [2.75, 3.05) is 13.7 Å².